The van der Waals surface area contributed by atoms with Gasteiger partial charge >= 0.3 is 11.9 Å². The number of esters is 2. The van der Waals surface area contributed by atoms with Gasteiger partial charge in [-0.1, -0.05) is 34.1 Å². The molecule has 266 valence electrons. The zero-order valence-corrected chi connectivity index (χ0v) is 28.9. The van der Waals surface area contributed by atoms with Gasteiger partial charge in [0, 0.05) is 24.8 Å². The Morgan fingerprint density at radius 1 is 1.08 bits per heavy atom. The molecule has 0 bridgehead atoms. The predicted molar refractivity (Wildman–Crippen MR) is 165 cm³/mol. The van der Waals surface area contributed by atoms with Crippen LogP contribution in [0, 0.1) is 40.9 Å². The van der Waals surface area contributed by atoms with Crippen molar-refractivity contribution < 1.29 is 50.6 Å². The third kappa shape index (κ3) is 6.97. The summed E-state index contributed by atoms with van der Waals surface area (Å²) in [5.74, 6) is -17.8. The van der Waals surface area contributed by atoms with Gasteiger partial charge in [-0.15, -0.1) is 11.3 Å². The summed E-state index contributed by atoms with van der Waals surface area (Å²) in [5, 5.41) is 1.12. The van der Waals surface area contributed by atoms with Crippen LogP contribution in [0.3, 0.4) is 0 Å². The molecule has 0 unspecified atom stereocenters. The summed E-state index contributed by atoms with van der Waals surface area (Å²) in [7, 11) is 3.44. The molecule has 1 saturated heterocycles. The van der Waals surface area contributed by atoms with Gasteiger partial charge in [0.15, 0.2) is 23.1 Å². The fraction of sp³-hybridized carbons (Fsp3) is 0.594. The molecule has 1 aliphatic heterocycles. The largest absolute Gasteiger partial charge is 0.455 e. The monoisotopic (exact) mass is 704 g/mol. The first kappa shape index (κ1) is 38.9. The van der Waals surface area contributed by atoms with Crippen molar-refractivity contribution in [1.82, 2.24) is 14.8 Å². The number of ether oxygens (including phenoxy) is 2. The second-order valence-corrected chi connectivity index (χ2v) is 13.6. The van der Waals surface area contributed by atoms with E-state index in [1.165, 1.54) is 0 Å². The number of likely N-dealkylation sites (tertiary alicyclic amines) is 1. The van der Waals surface area contributed by atoms with E-state index in [0.29, 0.717) is 19.4 Å². The van der Waals surface area contributed by atoms with Crippen LogP contribution in [0.25, 0.3) is 0 Å². The summed E-state index contributed by atoms with van der Waals surface area (Å²) in [5.41, 5.74) is 2.82. The SMILES string of the molecule is CC[C@H](C)[C@](C(N)=O)(C(=O)[C@@]1(C)CCCN1C)N(C)[C@H](C[C@@H](OC(C)=O)c1nc(C(=O)Oc2c(F)c(F)c(F)c(F)c2F)cs1)C(C)C. The molecule has 10 nitrogen and oxygen atoms in total. The van der Waals surface area contributed by atoms with Crippen molar-refractivity contribution in [2.75, 3.05) is 20.6 Å². The molecule has 0 radical (unpaired) electrons. The molecule has 2 N–H and O–H groups in total. The molecular formula is C32H41F5N4O6S. The normalized spacial score (nSPS) is 20.0. The Kier molecular flexibility index (Phi) is 12.1. The first-order chi connectivity index (χ1) is 22.3. The number of carbonyl (C=O) groups is 4. The number of amides is 1. The molecule has 1 aliphatic rings. The minimum Gasteiger partial charge on any atom is -0.455 e. The molecular weight excluding hydrogens is 663 g/mol. The van der Waals surface area contributed by atoms with E-state index in [9.17, 15) is 41.1 Å². The molecule has 1 amide bonds. The van der Waals surface area contributed by atoms with Crippen LogP contribution in [0.15, 0.2) is 5.38 Å². The van der Waals surface area contributed by atoms with Gasteiger partial charge < -0.3 is 15.2 Å². The third-order valence-electron chi connectivity index (χ3n) is 9.49. The maximum Gasteiger partial charge on any atom is 0.363 e. The van der Waals surface area contributed by atoms with E-state index in [1.807, 2.05) is 32.7 Å². The van der Waals surface area contributed by atoms with Gasteiger partial charge in [0.25, 0.3) is 0 Å². The number of nitrogens with two attached hydrogens (primary N) is 1. The highest BCUT2D eigenvalue weighted by molar-refractivity contribution is 7.09. The highest BCUT2D eigenvalue weighted by Gasteiger charge is 2.60. The lowest BCUT2D eigenvalue weighted by Gasteiger charge is -2.51. The third-order valence-corrected chi connectivity index (χ3v) is 10.4. The standard InChI is InChI=1S/C32H41F5N4O6S/c1-9-16(4)32(30(38)45,29(44)31(6)11-10-12-40(31)7)41(8)19(15(2)3)13-20(46-17(5)42)27-39-18(14-48-27)28(43)47-26-24(36)22(34)21(33)23(35)25(26)37/h14-16,19-20H,9-13H2,1-8H3,(H2,38,45)/t16-,19+,20+,31+,32+/m0/s1. The number of benzene rings is 1. The Labute approximate surface area is 279 Å². The topological polar surface area (TPSA) is 132 Å². The van der Waals surface area contributed by atoms with E-state index < -0.39 is 87.5 Å². The first-order valence-corrected chi connectivity index (χ1v) is 16.3. The number of rotatable bonds is 14. The number of aromatic nitrogens is 1. The minimum absolute atomic E-state index is 0.0237. The smallest absolute Gasteiger partial charge is 0.363 e. The number of likely N-dealkylation sites (N-methyl/N-ethyl adjacent to an activating group) is 2. The molecule has 0 spiro atoms. The van der Waals surface area contributed by atoms with Crippen LogP contribution in [0.2, 0.25) is 0 Å². The summed E-state index contributed by atoms with van der Waals surface area (Å²) in [6.07, 6.45) is 0.489. The summed E-state index contributed by atoms with van der Waals surface area (Å²) < 4.78 is 79.1. The van der Waals surface area contributed by atoms with Crippen LogP contribution in [-0.4, -0.2) is 76.2 Å². The number of ketones is 1. The lowest BCUT2D eigenvalue weighted by Crippen LogP contribution is -2.73. The average Bonchev–Trinajstić information content (AvgIpc) is 3.66. The lowest BCUT2D eigenvalue weighted by atomic mass is 9.69. The van der Waals surface area contributed by atoms with Crippen molar-refractivity contribution in [3.05, 3.63) is 45.2 Å². The number of thiazole rings is 1. The number of halogens is 5. The maximum absolute atomic E-state index is 14.6. The van der Waals surface area contributed by atoms with Crippen molar-refractivity contribution in [2.24, 2.45) is 17.6 Å². The highest BCUT2D eigenvalue weighted by Crippen LogP contribution is 2.42. The van der Waals surface area contributed by atoms with Crippen LogP contribution in [0.1, 0.15) is 88.8 Å². The zero-order chi connectivity index (χ0) is 36.5. The zero-order valence-electron chi connectivity index (χ0n) is 28.1. The van der Waals surface area contributed by atoms with Crippen molar-refractivity contribution in [3.63, 3.8) is 0 Å². The Morgan fingerprint density at radius 2 is 1.65 bits per heavy atom. The fourth-order valence-corrected chi connectivity index (χ4v) is 7.29. The predicted octanol–water partition coefficient (Wildman–Crippen LogP) is 5.33. The van der Waals surface area contributed by atoms with Gasteiger partial charge in [-0.3, -0.25) is 24.2 Å². The Hall–Kier alpha value is -3.50. The van der Waals surface area contributed by atoms with Crippen molar-refractivity contribution in [2.45, 2.75) is 90.4 Å². The second-order valence-electron chi connectivity index (χ2n) is 12.7. The number of primary amides is 1. The van der Waals surface area contributed by atoms with Crippen molar-refractivity contribution in [3.8, 4) is 5.75 Å². The van der Waals surface area contributed by atoms with E-state index in [-0.39, 0.29) is 23.1 Å². The molecule has 16 heteroatoms. The van der Waals surface area contributed by atoms with Crippen LogP contribution in [0.5, 0.6) is 5.75 Å². The summed E-state index contributed by atoms with van der Waals surface area (Å²) in [4.78, 5) is 60.9. The van der Waals surface area contributed by atoms with Gasteiger partial charge in [-0.05, 0) is 52.2 Å². The van der Waals surface area contributed by atoms with E-state index in [1.54, 1.807) is 25.8 Å². The number of nitrogens with zero attached hydrogens (tertiary/aromatic N) is 3. The highest BCUT2D eigenvalue weighted by atomic mass is 32.1. The molecule has 48 heavy (non-hydrogen) atoms. The number of hydrogen-bond donors (Lipinski definition) is 1. The average molecular weight is 705 g/mol. The number of hydrogen-bond acceptors (Lipinski definition) is 10. The first-order valence-electron chi connectivity index (χ1n) is 15.4. The Bertz CT molecular complexity index is 1540. The summed E-state index contributed by atoms with van der Waals surface area (Å²) in [6.45, 7) is 10.9. The van der Waals surface area contributed by atoms with Gasteiger partial charge in [0.2, 0.25) is 40.7 Å². The Balaban J connectivity index is 2.04. The molecule has 1 fully saturated rings. The minimum atomic E-state index is -2.42. The summed E-state index contributed by atoms with van der Waals surface area (Å²) >= 11 is 0.803. The quantitative estimate of drug-likeness (QED) is 0.0692. The number of carbonyl (C=O) groups excluding carboxylic acids is 4. The van der Waals surface area contributed by atoms with Crippen LogP contribution in [0.4, 0.5) is 22.0 Å². The second kappa shape index (κ2) is 14.9. The molecule has 0 aliphatic carbocycles. The van der Waals surface area contributed by atoms with Crippen LogP contribution in [-0.2, 0) is 19.1 Å². The van der Waals surface area contributed by atoms with E-state index in [0.717, 1.165) is 30.1 Å². The number of Topliss-reactive ketones (excluding diaryl/α,β-unsaturated/α-hetero) is 1. The van der Waals surface area contributed by atoms with Crippen LogP contribution < -0.4 is 10.5 Å². The van der Waals surface area contributed by atoms with Gasteiger partial charge in [-0.25, -0.2) is 22.9 Å². The van der Waals surface area contributed by atoms with E-state index >= 15 is 0 Å². The van der Waals surface area contributed by atoms with Crippen molar-refractivity contribution >= 4 is 35.0 Å². The lowest BCUT2D eigenvalue weighted by molar-refractivity contribution is -0.159. The molecule has 2 heterocycles. The van der Waals surface area contributed by atoms with Crippen LogP contribution >= 0.6 is 11.3 Å². The van der Waals surface area contributed by atoms with Crippen molar-refractivity contribution in [1.29, 1.82) is 0 Å². The molecule has 2 aromatic rings. The summed E-state index contributed by atoms with van der Waals surface area (Å²) in [6, 6.07) is -0.650. The Morgan fingerprint density at radius 3 is 2.10 bits per heavy atom. The molecule has 5 atom stereocenters. The molecule has 1 aromatic carbocycles. The molecule has 0 saturated carbocycles. The fourth-order valence-electron chi connectivity index (χ4n) is 6.46. The van der Waals surface area contributed by atoms with E-state index in [4.69, 9.17) is 10.5 Å². The van der Waals surface area contributed by atoms with E-state index in [2.05, 4.69) is 9.72 Å². The maximum atomic E-state index is 14.6. The van der Waals surface area contributed by atoms with Gasteiger partial charge in [0.05, 0.1) is 5.54 Å². The molecule has 3 rings (SSSR count). The molecule has 1 aromatic heterocycles. The van der Waals surface area contributed by atoms with Gasteiger partial charge in [-0.2, -0.15) is 8.78 Å². The van der Waals surface area contributed by atoms with Gasteiger partial charge in [0.1, 0.15) is 5.01 Å².